The number of amides is 2. The van der Waals surface area contributed by atoms with Crippen LogP contribution in [0.25, 0.3) is 0 Å². The van der Waals surface area contributed by atoms with E-state index in [9.17, 15) is 9.59 Å². The molecule has 0 radical (unpaired) electrons. The minimum absolute atomic E-state index is 0.103. The summed E-state index contributed by atoms with van der Waals surface area (Å²) < 4.78 is 7.08. The lowest BCUT2D eigenvalue weighted by Crippen LogP contribution is -2.25. The number of furan rings is 1. The summed E-state index contributed by atoms with van der Waals surface area (Å²) in [6.07, 6.45) is 2.12. The van der Waals surface area contributed by atoms with Crippen molar-refractivity contribution in [2.24, 2.45) is 7.05 Å². The van der Waals surface area contributed by atoms with Crippen LogP contribution in [-0.2, 0) is 23.1 Å². The first kappa shape index (κ1) is 15.6. The molecule has 7 nitrogen and oxygen atoms in total. The fraction of sp³-hybridized carbons (Fsp3) is 0.235. The number of anilines is 2. The first-order chi connectivity index (χ1) is 12.1. The number of hydrogen-bond acceptors (Lipinski definition) is 5. The highest BCUT2D eigenvalue weighted by molar-refractivity contribution is 7.10. The number of carbonyl (C=O) groups excluding carboxylic acids is 2. The molecule has 0 fully saturated rings. The van der Waals surface area contributed by atoms with Gasteiger partial charge in [0.25, 0.3) is 0 Å². The highest BCUT2D eigenvalue weighted by Crippen LogP contribution is 2.41. The fourth-order valence-electron chi connectivity index (χ4n) is 3.06. The Morgan fingerprint density at radius 2 is 2.36 bits per heavy atom. The minimum atomic E-state index is -0.274. The molecule has 0 aromatic carbocycles. The van der Waals surface area contributed by atoms with Crippen LogP contribution in [0, 0.1) is 0 Å². The van der Waals surface area contributed by atoms with Crippen LogP contribution in [0.4, 0.5) is 11.6 Å². The zero-order chi connectivity index (χ0) is 17.4. The zero-order valence-corrected chi connectivity index (χ0v) is 14.3. The number of aromatic nitrogens is 2. The van der Waals surface area contributed by atoms with Crippen molar-refractivity contribution < 1.29 is 14.0 Å². The highest BCUT2D eigenvalue weighted by Gasteiger charge is 2.34. The lowest BCUT2D eigenvalue weighted by atomic mass is 9.91. The average molecular weight is 356 g/mol. The maximum absolute atomic E-state index is 12.4. The predicted octanol–water partition coefficient (Wildman–Crippen LogP) is 2.73. The van der Waals surface area contributed by atoms with Crippen LogP contribution < -0.4 is 10.6 Å². The Morgan fingerprint density at radius 3 is 3.08 bits per heavy atom. The van der Waals surface area contributed by atoms with Gasteiger partial charge in [0.15, 0.2) is 5.82 Å². The van der Waals surface area contributed by atoms with Crippen molar-refractivity contribution in [2.45, 2.75) is 18.8 Å². The number of thiophene rings is 1. The molecule has 0 aliphatic carbocycles. The summed E-state index contributed by atoms with van der Waals surface area (Å²) in [4.78, 5) is 25.4. The molecule has 2 amide bonds. The summed E-state index contributed by atoms with van der Waals surface area (Å²) in [5.41, 5.74) is 0.775. The van der Waals surface area contributed by atoms with Crippen molar-refractivity contribution in [1.29, 1.82) is 0 Å². The molecule has 25 heavy (non-hydrogen) atoms. The predicted molar refractivity (Wildman–Crippen MR) is 93.7 cm³/mol. The normalized spacial score (nSPS) is 16.4. The second kappa shape index (κ2) is 6.21. The Morgan fingerprint density at radius 1 is 1.48 bits per heavy atom. The van der Waals surface area contributed by atoms with Crippen LogP contribution in [0.1, 0.15) is 28.5 Å². The third kappa shape index (κ3) is 2.96. The second-order valence-electron chi connectivity index (χ2n) is 5.86. The van der Waals surface area contributed by atoms with E-state index in [-0.39, 0.29) is 24.2 Å². The van der Waals surface area contributed by atoms with Gasteiger partial charge < -0.3 is 15.1 Å². The molecule has 0 saturated heterocycles. The minimum Gasteiger partial charge on any atom is -0.469 e. The smallest absolute Gasteiger partial charge is 0.230 e. The van der Waals surface area contributed by atoms with Gasteiger partial charge in [-0.25, -0.2) is 0 Å². The molecule has 2 N–H and O–H groups in total. The average Bonchev–Trinajstić information content (AvgIpc) is 3.30. The largest absolute Gasteiger partial charge is 0.469 e. The van der Waals surface area contributed by atoms with Crippen molar-refractivity contribution in [1.82, 2.24) is 9.78 Å². The van der Waals surface area contributed by atoms with Crippen molar-refractivity contribution in [2.75, 3.05) is 10.6 Å². The number of rotatable bonds is 4. The molecule has 1 aliphatic heterocycles. The molecule has 4 rings (SSSR count). The highest BCUT2D eigenvalue weighted by atomic mass is 32.1. The molecule has 1 aliphatic rings. The molecule has 128 valence electrons. The van der Waals surface area contributed by atoms with Crippen LogP contribution in [0.3, 0.4) is 0 Å². The van der Waals surface area contributed by atoms with Crippen LogP contribution in [0.5, 0.6) is 0 Å². The van der Waals surface area contributed by atoms with Gasteiger partial charge in [-0.15, -0.1) is 11.3 Å². The van der Waals surface area contributed by atoms with Gasteiger partial charge in [-0.05, 0) is 23.6 Å². The van der Waals surface area contributed by atoms with Crippen molar-refractivity contribution in [3.8, 4) is 0 Å². The summed E-state index contributed by atoms with van der Waals surface area (Å²) in [6, 6.07) is 7.45. The molecule has 0 saturated carbocycles. The quantitative estimate of drug-likeness (QED) is 0.752. The first-order valence-electron chi connectivity index (χ1n) is 7.84. The molecule has 8 heteroatoms. The molecule has 4 heterocycles. The molecule has 1 unspecified atom stereocenters. The Hall–Kier alpha value is -2.87. The van der Waals surface area contributed by atoms with Crippen LogP contribution in [0.2, 0.25) is 0 Å². The molecule has 0 bridgehead atoms. The van der Waals surface area contributed by atoms with Crippen LogP contribution in [-0.4, -0.2) is 21.6 Å². The molecule has 0 spiro atoms. The Kier molecular flexibility index (Phi) is 3.89. The van der Waals surface area contributed by atoms with Gasteiger partial charge in [0.2, 0.25) is 11.8 Å². The van der Waals surface area contributed by atoms with Gasteiger partial charge in [0.1, 0.15) is 11.6 Å². The Bertz CT molecular complexity index is 912. The third-order valence-electron chi connectivity index (χ3n) is 4.14. The van der Waals surface area contributed by atoms with Crippen LogP contribution in [0.15, 0.2) is 40.3 Å². The summed E-state index contributed by atoms with van der Waals surface area (Å²) >= 11 is 1.54. The second-order valence-corrected chi connectivity index (χ2v) is 6.89. The molecule has 1 atom stereocenters. The van der Waals surface area contributed by atoms with Gasteiger partial charge in [-0.2, -0.15) is 5.10 Å². The van der Waals surface area contributed by atoms with E-state index in [4.69, 9.17) is 4.42 Å². The fourth-order valence-corrected chi connectivity index (χ4v) is 3.77. The standard InChI is InChI=1S/C17H16N4O3S/c1-21-17-15(11(9-14(23)19-17)12-5-2-6-24-12)16(20-21)18-13(22)8-10-4-3-7-25-10/h2-7,11H,8-9H2,1H3,(H,19,23)(H,18,20,22). The molecule has 3 aromatic rings. The lowest BCUT2D eigenvalue weighted by Gasteiger charge is -2.22. The Balaban J connectivity index is 1.67. The maximum Gasteiger partial charge on any atom is 0.230 e. The van der Waals surface area contributed by atoms with Crippen molar-refractivity contribution >= 4 is 34.8 Å². The number of fused-ring (bicyclic) bond motifs is 1. The van der Waals surface area contributed by atoms with E-state index in [2.05, 4.69) is 15.7 Å². The summed E-state index contributed by atoms with van der Waals surface area (Å²) in [6.45, 7) is 0. The van der Waals surface area contributed by atoms with Gasteiger partial charge in [0.05, 0.1) is 24.2 Å². The molecular formula is C17H16N4O3S. The monoisotopic (exact) mass is 356 g/mol. The SMILES string of the molecule is Cn1nc(NC(=O)Cc2cccs2)c2c1NC(=O)CC2c1ccco1. The first-order valence-corrected chi connectivity index (χ1v) is 8.72. The molecular weight excluding hydrogens is 340 g/mol. The van der Waals surface area contributed by atoms with Gasteiger partial charge in [0, 0.05) is 18.3 Å². The van der Waals surface area contributed by atoms with Gasteiger partial charge in [-0.3, -0.25) is 14.3 Å². The zero-order valence-electron chi connectivity index (χ0n) is 13.5. The molecule has 3 aromatic heterocycles. The van der Waals surface area contributed by atoms with Gasteiger partial charge >= 0.3 is 0 Å². The number of hydrogen-bond donors (Lipinski definition) is 2. The van der Waals surface area contributed by atoms with E-state index < -0.39 is 0 Å². The van der Waals surface area contributed by atoms with E-state index in [1.807, 2.05) is 23.6 Å². The number of nitrogens with zero attached hydrogens (tertiary/aromatic N) is 2. The van der Waals surface area contributed by atoms with Crippen LogP contribution >= 0.6 is 11.3 Å². The maximum atomic E-state index is 12.4. The number of nitrogens with one attached hydrogen (secondary N) is 2. The van der Waals surface area contributed by atoms with E-state index >= 15 is 0 Å². The number of carbonyl (C=O) groups is 2. The van der Waals surface area contributed by atoms with Crippen molar-refractivity contribution in [3.05, 3.63) is 52.1 Å². The Labute approximate surface area is 147 Å². The third-order valence-corrected chi connectivity index (χ3v) is 5.02. The van der Waals surface area contributed by atoms with E-state index in [1.54, 1.807) is 24.1 Å². The van der Waals surface area contributed by atoms with E-state index in [0.29, 0.717) is 23.8 Å². The van der Waals surface area contributed by atoms with Gasteiger partial charge in [-0.1, -0.05) is 6.07 Å². The topological polar surface area (TPSA) is 89.2 Å². The lowest BCUT2D eigenvalue weighted by molar-refractivity contribution is -0.117. The van der Waals surface area contributed by atoms with E-state index in [1.165, 1.54) is 11.3 Å². The van der Waals surface area contributed by atoms with Crippen molar-refractivity contribution in [3.63, 3.8) is 0 Å². The summed E-state index contributed by atoms with van der Waals surface area (Å²) in [7, 11) is 1.73. The summed E-state index contributed by atoms with van der Waals surface area (Å²) in [5.74, 6) is 1.21. The van der Waals surface area contributed by atoms with E-state index in [0.717, 1.165) is 10.4 Å². The summed E-state index contributed by atoms with van der Waals surface area (Å²) in [5, 5.41) is 12.0. The number of aryl methyl sites for hydroxylation is 1.